The van der Waals surface area contributed by atoms with Gasteiger partial charge in [0.15, 0.2) is 0 Å². The number of hydrogen-bond acceptors (Lipinski definition) is 2. The third-order valence-electron chi connectivity index (χ3n) is 1.68. The van der Waals surface area contributed by atoms with Crippen LogP contribution in [0, 0.1) is 0 Å². The molecule has 2 nitrogen and oxygen atoms in total. The van der Waals surface area contributed by atoms with Crippen LogP contribution in [-0.2, 0) is 9.53 Å². The highest BCUT2D eigenvalue weighted by Crippen LogP contribution is 2.07. The van der Waals surface area contributed by atoms with Gasteiger partial charge in [-0.2, -0.15) is 0 Å². The molecule has 0 aromatic rings. The number of allylic oxidation sites excluding steroid dienone is 3. The van der Waals surface area contributed by atoms with Crippen molar-refractivity contribution in [3.05, 3.63) is 36.0 Å². The van der Waals surface area contributed by atoms with E-state index in [1.165, 1.54) is 7.11 Å². The summed E-state index contributed by atoms with van der Waals surface area (Å²) in [5, 5.41) is 0. The topological polar surface area (TPSA) is 26.3 Å². The van der Waals surface area contributed by atoms with Gasteiger partial charge in [0.25, 0.3) is 0 Å². The van der Waals surface area contributed by atoms with Crippen LogP contribution >= 0.6 is 0 Å². The maximum absolute atomic E-state index is 11.2. The first-order valence-electron chi connectivity index (χ1n) is 4.23. The average molecular weight is 180 g/mol. The maximum Gasteiger partial charge on any atom is 0.337 e. The Morgan fingerprint density at radius 1 is 1.54 bits per heavy atom. The Bertz CT molecular complexity index is 247. The molecule has 0 fully saturated rings. The molecule has 72 valence electrons. The van der Waals surface area contributed by atoms with Gasteiger partial charge in [0.2, 0.25) is 0 Å². The van der Waals surface area contributed by atoms with Crippen molar-refractivity contribution < 1.29 is 9.53 Å². The van der Waals surface area contributed by atoms with E-state index in [1.807, 2.05) is 19.9 Å². The minimum absolute atomic E-state index is 0.326. The van der Waals surface area contributed by atoms with Gasteiger partial charge in [-0.3, -0.25) is 0 Å². The van der Waals surface area contributed by atoms with E-state index in [0.29, 0.717) is 5.57 Å². The summed E-state index contributed by atoms with van der Waals surface area (Å²) < 4.78 is 4.61. The molecule has 0 N–H and O–H groups in total. The van der Waals surface area contributed by atoms with E-state index in [9.17, 15) is 4.79 Å². The van der Waals surface area contributed by atoms with E-state index in [-0.39, 0.29) is 5.97 Å². The quantitative estimate of drug-likeness (QED) is 0.377. The second-order valence-electron chi connectivity index (χ2n) is 2.69. The molecule has 0 amide bonds. The lowest BCUT2D eigenvalue weighted by molar-refractivity contribution is -0.135. The van der Waals surface area contributed by atoms with Gasteiger partial charge in [0.05, 0.1) is 12.7 Å². The monoisotopic (exact) mass is 180 g/mol. The van der Waals surface area contributed by atoms with Crippen molar-refractivity contribution in [2.45, 2.75) is 20.3 Å². The standard InChI is InChI=1S/C11H16O2/c1-5-7-10(11(12)13-4)8-9(3)6-2/h5,7-8H,1,6H2,2-4H3/b9-8+,10-7+. The molecule has 0 aliphatic heterocycles. The zero-order valence-electron chi connectivity index (χ0n) is 8.46. The molecular formula is C11H16O2. The molecule has 0 aromatic heterocycles. The van der Waals surface area contributed by atoms with Gasteiger partial charge in [-0.25, -0.2) is 4.79 Å². The molecule has 0 radical (unpaired) electrons. The van der Waals surface area contributed by atoms with Crippen molar-refractivity contribution in [2.24, 2.45) is 0 Å². The zero-order valence-corrected chi connectivity index (χ0v) is 8.46. The second kappa shape index (κ2) is 6.23. The predicted molar refractivity (Wildman–Crippen MR) is 54.3 cm³/mol. The van der Waals surface area contributed by atoms with Gasteiger partial charge in [0.1, 0.15) is 0 Å². The molecule has 0 saturated heterocycles. The lowest BCUT2D eigenvalue weighted by Crippen LogP contribution is -2.02. The number of methoxy groups -OCH3 is 1. The number of hydrogen-bond donors (Lipinski definition) is 0. The molecule has 0 spiro atoms. The number of carbonyl (C=O) groups excluding carboxylic acids is 1. The van der Waals surface area contributed by atoms with Gasteiger partial charge < -0.3 is 4.74 Å². The molecule has 2 heteroatoms. The summed E-state index contributed by atoms with van der Waals surface area (Å²) in [6, 6.07) is 0. The SMILES string of the molecule is C=C/C=C(\C=C(/C)CC)C(=O)OC. The van der Waals surface area contributed by atoms with E-state index in [2.05, 4.69) is 11.3 Å². The number of ether oxygens (including phenoxy) is 1. The Morgan fingerprint density at radius 3 is 2.54 bits per heavy atom. The summed E-state index contributed by atoms with van der Waals surface area (Å²) in [7, 11) is 1.37. The smallest absolute Gasteiger partial charge is 0.337 e. The van der Waals surface area contributed by atoms with Crippen molar-refractivity contribution in [1.29, 1.82) is 0 Å². The Kier molecular flexibility index (Phi) is 5.60. The predicted octanol–water partition coefficient (Wildman–Crippen LogP) is 2.63. The largest absolute Gasteiger partial charge is 0.465 e. The van der Waals surface area contributed by atoms with Crippen LogP contribution in [0.15, 0.2) is 36.0 Å². The van der Waals surface area contributed by atoms with Crippen LogP contribution < -0.4 is 0 Å². The molecule has 0 atom stereocenters. The number of rotatable bonds is 4. The molecule has 0 unspecified atom stereocenters. The minimum atomic E-state index is -0.326. The van der Waals surface area contributed by atoms with Crippen LogP contribution in [0.25, 0.3) is 0 Å². The van der Waals surface area contributed by atoms with E-state index in [1.54, 1.807) is 12.2 Å². The van der Waals surface area contributed by atoms with Crippen LogP contribution in [0.5, 0.6) is 0 Å². The highest BCUT2D eigenvalue weighted by Gasteiger charge is 2.04. The lowest BCUT2D eigenvalue weighted by Gasteiger charge is -2.00. The summed E-state index contributed by atoms with van der Waals surface area (Å²) in [4.78, 5) is 11.2. The first kappa shape index (κ1) is 11.7. The van der Waals surface area contributed by atoms with Crippen molar-refractivity contribution in [1.82, 2.24) is 0 Å². The molecular weight excluding hydrogens is 164 g/mol. The zero-order chi connectivity index (χ0) is 10.3. The summed E-state index contributed by atoms with van der Waals surface area (Å²) in [6.07, 6.45) is 5.95. The first-order valence-corrected chi connectivity index (χ1v) is 4.23. The van der Waals surface area contributed by atoms with Crippen molar-refractivity contribution in [3.63, 3.8) is 0 Å². The van der Waals surface area contributed by atoms with Gasteiger partial charge in [-0.1, -0.05) is 25.2 Å². The molecule has 0 heterocycles. The van der Waals surface area contributed by atoms with Crippen LogP contribution in [0.1, 0.15) is 20.3 Å². The number of esters is 1. The molecule has 0 aliphatic rings. The molecule has 0 rings (SSSR count). The average Bonchev–Trinajstić information content (AvgIpc) is 2.15. The van der Waals surface area contributed by atoms with E-state index in [0.717, 1.165) is 12.0 Å². The summed E-state index contributed by atoms with van der Waals surface area (Å²) in [6.45, 7) is 7.55. The fourth-order valence-corrected chi connectivity index (χ4v) is 0.787. The Hall–Kier alpha value is -1.31. The summed E-state index contributed by atoms with van der Waals surface area (Å²) in [5.41, 5.74) is 1.68. The van der Waals surface area contributed by atoms with Gasteiger partial charge in [-0.15, -0.1) is 0 Å². The Labute approximate surface area is 79.6 Å². The third kappa shape index (κ3) is 4.31. The van der Waals surface area contributed by atoms with Crippen LogP contribution in [0.2, 0.25) is 0 Å². The summed E-state index contributed by atoms with van der Waals surface area (Å²) >= 11 is 0. The highest BCUT2D eigenvalue weighted by atomic mass is 16.5. The molecule has 0 bridgehead atoms. The van der Waals surface area contributed by atoms with Gasteiger partial charge in [0, 0.05) is 0 Å². The molecule has 0 aliphatic carbocycles. The van der Waals surface area contributed by atoms with Crippen LogP contribution in [0.3, 0.4) is 0 Å². The van der Waals surface area contributed by atoms with Gasteiger partial charge >= 0.3 is 5.97 Å². The first-order chi connectivity index (χ1) is 6.15. The van der Waals surface area contributed by atoms with Crippen LogP contribution in [0.4, 0.5) is 0 Å². The number of carbonyl (C=O) groups is 1. The third-order valence-corrected chi connectivity index (χ3v) is 1.68. The Balaban J connectivity index is 4.73. The Morgan fingerprint density at radius 2 is 2.15 bits per heavy atom. The second-order valence-corrected chi connectivity index (χ2v) is 2.69. The minimum Gasteiger partial charge on any atom is -0.465 e. The van der Waals surface area contributed by atoms with E-state index < -0.39 is 0 Å². The van der Waals surface area contributed by atoms with E-state index >= 15 is 0 Å². The van der Waals surface area contributed by atoms with Crippen molar-refractivity contribution >= 4 is 5.97 Å². The maximum atomic E-state index is 11.2. The fraction of sp³-hybridized carbons (Fsp3) is 0.364. The molecule has 0 saturated carbocycles. The fourth-order valence-electron chi connectivity index (χ4n) is 0.787. The highest BCUT2D eigenvalue weighted by molar-refractivity contribution is 5.91. The van der Waals surface area contributed by atoms with Crippen molar-refractivity contribution in [2.75, 3.05) is 7.11 Å². The van der Waals surface area contributed by atoms with Gasteiger partial charge in [-0.05, 0) is 25.5 Å². The van der Waals surface area contributed by atoms with E-state index in [4.69, 9.17) is 0 Å². The summed E-state index contributed by atoms with van der Waals surface area (Å²) in [5.74, 6) is -0.326. The molecule has 0 aromatic carbocycles. The van der Waals surface area contributed by atoms with Crippen molar-refractivity contribution in [3.8, 4) is 0 Å². The molecule has 13 heavy (non-hydrogen) atoms. The van der Waals surface area contributed by atoms with Crippen LogP contribution in [-0.4, -0.2) is 13.1 Å². The normalized spacial score (nSPS) is 12.5. The lowest BCUT2D eigenvalue weighted by atomic mass is 10.1.